The Hall–Kier alpha value is -1.29. The fourth-order valence-corrected chi connectivity index (χ4v) is 0.948. The van der Waals surface area contributed by atoms with Crippen molar-refractivity contribution in [2.24, 2.45) is 5.73 Å². The predicted molar refractivity (Wildman–Crippen MR) is 44.4 cm³/mol. The highest BCUT2D eigenvalue weighted by atomic mass is 16.5. The van der Waals surface area contributed by atoms with E-state index < -0.39 is 0 Å². The zero-order chi connectivity index (χ0) is 8.97. The maximum Gasteiger partial charge on any atom is 0.307 e. The van der Waals surface area contributed by atoms with Crippen LogP contribution in [0.2, 0.25) is 0 Å². The predicted octanol–water partition coefficient (Wildman–Crippen LogP) is 0.578. The third-order valence-corrected chi connectivity index (χ3v) is 1.66. The SMILES string of the molecule is COC(=O)CC(N)c1cc[nH]c1. The summed E-state index contributed by atoms with van der Waals surface area (Å²) in [5.41, 5.74) is 6.61. The van der Waals surface area contributed by atoms with E-state index in [1.54, 1.807) is 12.4 Å². The lowest BCUT2D eigenvalue weighted by molar-refractivity contribution is -0.141. The molecule has 0 saturated carbocycles. The van der Waals surface area contributed by atoms with Gasteiger partial charge >= 0.3 is 5.97 Å². The van der Waals surface area contributed by atoms with Crippen LogP contribution in [0.25, 0.3) is 0 Å². The Labute approximate surface area is 70.7 Å². The number of hydrogen-bond donors (Lipinski definition) is 2. The molecule has 0 aliphatic carbocycles. The number of aromatic amines is 1. The third-order valence-electron chi connectivity index (χ3n) is 1.66. The molecule has 66 valence electrons. The number of nitrogens with two attached hydrogens (primary N) is 1. The van der Waals surface area contributed by atoms with Gasteiger partial charge in [-0.3, -0.25) is 4.79 Å². The summed E-state index contributed by atoms with van der Waals surface area (Å²) in [6, 6.07) is 1.57. The van der Waals surface area contributed by atoms with Gasteiger partial charge in [0.25, 0.3) is 0 Å². The lowest BCUT2D eigenvalue weighted by Crippen LogP contribution is -2.15. The fraction of sp³-hybridized carbons (Fsp3) is 0.375. The number of nitrogens with one attached hydrogen (secondary N) is 1. The lowest BCUT2D eigenvalue weighted by Gasteiger charge is -2.06. The monoisotopic (exact) mass is 168 g/mol. The van der Waals surface area contributed by atoms with Crippen molar-refractivity contribution in [2.45, 2.75) is 12.5 Å². The van der Waals surface area contributed by atoms with Crippen LogP contribution in [0.3, 0.4) is 0 Å². The molecule has 1 rings (SSSR count). The van der Waals surface area contributed by atoms with Crippen LogP contribution in [0.5, 0.6) is 0 Å². The first-order valence-electron chi connectivity index (χ1n) is 3.69. The number of ether oxygens (including phenoxy) is 1. The summed E-state index contributed by atoms with van der Waals surface area (Å²) in [6.45, 7) is 0. The molecule has 0 spiro atoms. The van der Waals surface area contributed by atoms with Crippen molar-refractivity contribution in [3.05, 3.63) is 24.0 Å². The molecule has 3 N–H and O–H groups in total. The largest absolute Gasteiger partial charge is 0.469 e. The molecule has 0 aromatic carbocycles. The minimum Gasteiger partial charge on any atom is -0.469 e. The van der Waals surface area contributed by atoms with Gasteiger partial charge in [-0.1, -0.05) is 0 Å². The van der Waals surface area contributed by atoms with Crippen LogP contribution in [0.15, 0.2) is 18.5 Å². The third kappa shape index (κ3) is 2.10. The van der Waals surface area contributed by atoms with Gasteiger partial charge in [-0.2, -0.15) is 0 Å². The average molecular weight is 168 g/mol. The summed E-state index contributed by atoms with van der Waals surface area (Å²) in [6.07, 6.45) is 3.76. The van der Waals surface area contributed by atoms with E-state index in [1.165, 1.54) is 7.11 Å². The highest BCUT2D eigenvalue weighted by molar-refractivity contribution is 5.70. The van der Waals surface area contributed by atoms with E-state index in [4.69, 9.17) is 5.73 Å². The van der Waals surface area contributed by atoms with E-state index in [0.717, 1.165) is 5.56 Å². The molecule has 1 aromatic rings. The van der Waals surface area contributed by atoms with E-state index in [1.807, 2.05) is 6.07 Å². The minimum absolute atomic E-state index is 0.217. The Kier molecular flexibility index (Phi) is 2.88. The van der Waals surface area contributed by atoms with Gasteiger partial charge in [0.15, 0.2) is 0 Å². The van der Waals surface area contributed by atoms with Crippen molar-refractivity contribution < 1.29 is 9.53 Å². The minimum atomic E-state index is -0.288. The Bertz CT molecular complexity index is 244. The van der Waals surface area contributed by atoms with Crippen LogP contribution in [-0.2, 0) is 9.53 Å². The Balaban J connectivity index is 2.49. The van der Waals surface area contributed by atoms with Crippen LogP contribution in [0.1, 0.15) is 18.0 Å². The molecule has 12 heavy (non-hydrogen) atoms. The van der Waals surface area contributed by atoms with Gasteiger partial charge in [0.2, 0.25) is 0 Å². The zero-order valence-corrected chi connectivity index (χ0v) is 6.91. The van der Waals surface area contributed by atoms with Gasteiger partial charge in [-0.15, -0.1) is 0 Å². The number of H-pyrrole nitrogens is 1. The molecule has 0 bridgehead atoms. The molecule has 1 aromatic heterocycles. The van der Waals surface area contributed by atoms with Gasteiger partial charge < -0.3 is 15.5 Å². The molecule has 4 heteroatoms. The van der Waals surface area contributed by atoms with Crippen LogP contribution in [-0.4, -0.2) is 18.1 Å². The summed E-state index contributed by atoms with van der Waals surface area (Å²) in [5, 5.41) is 0. The maximum absolute atomic E-state index is 10.8. The molecule has 0 radical (unpaired) electrons. The first kappa shape index (κ1) is 8.80. The molecular formula is C8H12N2O2. The molecule has 1 unspecified atom stereocenters. The molecule has 0 aliphatic rings. The summed E-state index contributed by atoms with van der Waals surface area (Å²) in [4.78, 5) is 13.7. The molecular weight excluding hydrogens is 156 g/mol. The summed E-state index contributed by atoms with van der Waals surface area (Å²) >= 11 is 0. The molecule has 1 heterocycles. The van der Waals surface area contributed by atoms with Crippen LogP contribution in [0.4, 0.5) is 0 Å². The number of carbonyl (C=O) groups excluding carboxylic acids is 1. The van der Waals surface area contributed by atoms with Crippen LogP contribution < -0.4 is 5.73 Å². The second kappa shape index (κ2) is 3.92. The molecule has 0 saturated heterocycles. The van der Waals surface area contributed by atoms with Gasteiger partial charge in [-0.25, -0.2) is 0 Å². The highest BCUT2D eigenvalue weighted by Gasteiger charge is 2.11. The van der Waals surface area contributed by atoms with Crippen LogP contribution in [0, 0.1) is 0 Å². The number of hydrogen-bond acceptors (Lipinski definition) is 3. The number of esters is 1. The first-order chi connectivity index (χ1) is 5.74. The zero-order valence-electron chi connectivity index (χ0n) is 6.91. The fourth-order valence-electron chi connectivity index (χ4n) is 0.948. The number of methoxy groups -OCH3 is 1. The number of carbonyl (C=O) groups is 1. The topological polar surface area (TPSA) is 68.1 Å². The normalized spacial score (nSPS) is 12.5. The van der Waals surface area contributed by atoms with E-state index >= 15 is 0 Å². The Morgan fingerprint density at radius 2 is 2.58 bits per heavy atom. The average Bonchev–Trinajstić information content (AvgIpc) is 2.56. The second-order valence-electron chi connectivity index (χ2n) is 2.53. The van der Waals surface area contributed by atoms with Crippen molar-refractivity contribution in [3.8, 4) is 0 Å². The Morgan fingerprint density at radius 3 is 3.08 bits per heavy atom. The van der Waals surface area contributed by atoms with Gasteiger partial charge in [0.05, 0.1) is 13.5 Å². The van der Waals surface area contributed by atoms with E-state index in [-0.39, 0.29) is 18.4 Å². The van der Waals surface area contributed by atoms with Gasteiger partial charge in [0.1, 0.15) is 0 Å². The van der Waals surface area contributed by atoms with E-state index in [0.29, 0.717) is 0 Å². The van der Waals surface area contributed by atoms with Crippen LogP contribution >= 0.6 is 0 Å². The molecule has 0 aliphatic heterocycles. The molecule has 1 atom stereocenters. The second-order valence-corrected chi connectivity index (χ2v) is 2.53. The van der Waals surface area contributed by atoms with Crippen molar-refractivity contribution in [2.75, 3.05) is 7.11 Å². The van der Waals surface area contributed by atoms with Gasteiger partial charge in [-0.05, 0) is 11.6 Å². The highest BCUT2D eigenvalue weighted by Crippen LogP contribution is 2.12. The number of aromatic nitrogens is 1. The summed E-state index contributed by atoms with van der Waals surface area (Å²) < 4.78 is 4.49. The maximum atomic E-state index is 10.8. The molecule has 0 amide bonds. The molecule has 4 nitrogen and oxygen atoms in total. The smallest absolute Gasteiger partial charge is 0.307 e. The van der Waals surface area contributed by atoms with Crippen molar-refractivity contribution in [3.63, 3.8) is 0 Å². The summed E-state index contributed by atoms with van der Waals surface area (Å²) in [5.74, 6) is -0.288. The molecule has 0 fully saturated rings. The van der Waals surface area contributed by atoms with Crippen molar-refractivity contribution >= 4 is 5.97 Å². The van der Waals surface area contributed by atoms with E-state index in [9.17, 15) is 4.79 Å². The van der Waals surface area contributed by atoms with E-state index in [2.05, 4.69) is 9.72 Å². The van der Waals surface area contributed by atoms with Gasteiger partial charge in [0, 0.05) is 18.4 Å². The summed E-state index contributed by atoms with van der Waals surface area (Å²) in [7, 11) is 1.35. The first-order valence-corrected chi connectivity index (χ1v) is 3.69. The standard InChI is InChI=1S/C8H12N2O2/c1-12-8(11)4-7(9)6-2-3-10-5-6/h2-3,5,7,10H,4,9H2,1H3. The quantitative estimate of drug-likeness (QED) is 0.648. The van der Waals surface area contributed by atoms with Crippen molar-refractivity contribution in [1.82, 2.24) is 4.98 Å². The Morgan fingerprint density at radius 1 is 1.83 bits per heavy atom. The lowest BCUT2D eigenvalue weighted by atomic mass is 10.1. The van der Waals surface area contributed by atoms with Crippen molar-refractivity contribution in [1.29, 1.82) is 0 Å². The number of rotatable bonds is 3.